The van der Waals surface area contributed by atoms with E-state index in [1.807, 2.05) is 96.1 Å². The van der Waals surface area contributed by atoms with Crippen LogP contribution in [0.3, 0.4) is 0 Å². The van der Waals surface area contributed by atoms with E-state index in [1.54, 1.807) is 11.3 Å². The van der Waals surface area contributed by atoms with Crippen LogP contribution in [0.1, 0.15) is 118 Å². The molecule has 0 aliphatic heterocycles. The molecule has 0 amide bonds. The first-order valence-electron chi connectivity index (χ1n) is 15.5. The first-order chi connectivity index (χ1) is 20.3. The Morgan fingerprint density at radius 1 is 0.571 bits per heavy atom. The third-order valence-electron chi connectivity index (χ3n) is 5.56. The summed E-state index contributed by atoms with van der Waals surface area (Å²) >= 11 is 1.79. The van der Waals surface area contributed by atoms with Gasteiger partial charge in [0.25, 0.3) is 0 Å². The fraction of sp³-hybridized carbons (Fsp3) is 0.417. The van der Waals surface area contributed by atoms with E-state index in [4.69, 9.17) is 4.42 Å². The molecule has 42 heavy (non-hydrogen) atoms. The second-order valence-electron chi connectivity index (χ2n) is 9.64. The highest BCUT2D eigenvalue weighted by atomic mass is 32.1. The molecule has 0 aliphatic rings. The van der Waals surface area contributed by atoms with Crippen LogP contribution in [0.15, 0.2) is 77.2 Å². The summed E-state index contributed by atoms with van der Waals surface area (Å²) in [5.74, 6) is 3.25. The number of benzene rings is 3. The van der Waals surface area contributed by atoms with Gasteiger partial charge >= 0.3 is 0 Å². The maximum atomic E-state index is 5.52. The molecule has 3 aromatic carbocycles. The molecule has 6 heteroatoms. The summed E-state index contributed by atoms with van der Waals surface area (Å²) in [5, 5.41) is 1.23. The quantitative estimate of drug-likeness (QED) is 0.223. The van der Waals surface area contributed by atoms with E-state index in [-0.39, 0.29) is 0 Å². The van der Waals surface area contributed by atoms with Gasteiger partial charge in [-0.25, -0.2) is 15.0 Å². The van der Waals surface area contributed by atoms with Crippen molar-refractivity contribution in [2.24, 2.45) is 0 Å². The highest BCUT2D eigenvalue weighted by Gasteiger charge is 2.08. The number of thiazole rings is 1. The monoisotopic (exact) mass is 588 g/mol. The predicted octanol–water partition coefficient (Wildman–Crippen LogP) is 12.1. The molecule has 0 unspecified atom stereocenters. The lowest BCUT2D eigenvalue weighted by Gasteiger charge is -1.95. The van der Waals surface area contributed by atoms with Crippen molar-refractivity contribution in [3.05, 3.63) is 89.5 Å². The summed E-state index contributed by atoms with van der Waals surface area (Å²) in [6, 6.07) is 24.2. The Labute approximate surface area is 257 Å². The van der Waals surface area contributed by atoms with Gasteiger partial charge in [0.1, 0.15) is 11.3 Å². The van der Waals surface area contributed by atoms with Crippen LogP contribution in [0.4, 0.5) is 0 Å². The number of hydrogen-bond acceptors (Lipinski definition) is 5. The van der Waals surface area contributed by atoms with Crippen molar-refractivity contribution in [2.45, 2.75) is 101 Å². The van der Waals surface area contributed by atoms with Crippen molar-refractivity contribution in [1.82, 2.24) is 19.9 Å². The Morgan fingerprint density at radius 2 is 1.12 bits per heavy atom. The molecule has 0 aliphatic carbocycles. The van der Waals surface area contributed by atoms with Crippen LogP contribution in [0, 0.1) is 0 Å². The van der Waals surface area contributed by atoms with Crippen LogP contribution in [0.2, 0.25) is 0 Å². The Balaban J connectivity index is 0.000000289. The van der Waals surface area contributed by atoms with Crippen molar-refractivity contribution in [2.75, 3.05) is 0 Å². The van der Waals surface area contributed by atoms with E-state index in [2.05, 4.69) is 79.7 Å². The number of para-hydroxylation sites is 5. The Morgan fingerprint density at radius 3 is 1.64 bits per heavy atom. The molecular formula is C36H52N4OS. The number of fused-ring (bicyclic) bond motifs is 3. The van der Waals surface area contributed by atoms with E-state index >= 15 is 0 Å². The third kappa shape index (κ3) is 10.7. The molecule has 6 rings (SSSR count). The molecule has 0 saturated heterocycles. The predicted molar refractivity (Wildman–Crippen MR) is 186 cm³/mol. The molecule has 0 bridgehead atoms. The van der Waals surface area contributed by atoms with Crippen molar-refractivity contribution >= 4 is 43.7 Å². The third-order valence-corrected chi connectivity index (χ3v) is 6.90. The average molecular weight is 589 g/mol. The lowest BCUT2D eigenvalue weighted by molar-refractivity contribution is 0.501. The van der Waals surface area contributed by atoms with Crippen LogP contribution in [-0.2, 0) is 0 Å². The van der Waals surface area contributed by atoms with Crippen molar-refractivity contribution in [3.8, 4) is 0 Å². The van der Waals surface area contributed by atoms with Crippen molar-refractivity contribution in [1.29, 1.82) is 0 Å². The molecule has 0 atom stereocenters. The van der Waals surface area contributed by atoms with Gasteiger partial charge in [-0.1, -0.05) is 119 Å². The number of hydrogen-bond donors (Lipinski definition) is 1. The van der Waals surface area contributed by atoms with Gasteiger partial charge in [-0.15, -0.1) is 11.3 Å². The van der Waals surface area contributed by atoms with Gasteiger partial charge in [-0.3, -0.25) is 0 Å². The van der Waals surface area contributed by atoms with Gasteiger partial charge in [-0.05, 0) is 36.4 Å². The fourth-order valence-corrected chi connectivity index (χ4v) is 4.49. The van der Waals surface area contributed by atoms with Gasteiger partial charge in [0, 0.05) is 17.8 Å². The molecule has 0 radical (unpaired) electrons. The van der Waals surface area contributed by atoms with Crippen molar-refractivity contribution < 1.29 is 4.42 Å². The summed E-state index contributed by atoms with van der Waals surface area (Å²) in [5.41, 5.74) is 5.14. The van der Waals surface area contributed by atoms with E-state index in [0.29, 0.717) is 17.8 Å². The van der Waals surface area contributed by atoms with Crippen molar-refractivity contribution in [3.63, 3.8) is 0 Å². The number of oxazole rings is 1. The van der Waals surface area contributed by atoms with E-state index in [0.717, 1.165) is 39.4 Å². The molecule has 0 fully saturated rings. The zero-order chi connectivity index (χ0) is 31.7. The zero-order valence-corrected chi connectivity index (χ0v) is 28.6. The molecule has 5 nitrogen and oxygen atoms in total. The molecule has 3 heterocycles. The van der Waals surface area contributed by atoms with E-state index in [9.17, 15) is 0 Å². The highest BCUT2D eigenvalue weighted by Crippen LogP contribution is 2.26. The molecule has 1 N–H and O–H groups in total. The minimum Gasteiger partial charge on any atom is -0.440 e. The second-order valence-corrected chi connectivity index (χ2v) is 10.7. The van der Waals surface area contributed by atoms with E-state index < -0.39 is 0 Å². The number of nitrogens with one attached hydrogen (secondary N) is 1. The van der Waals surface area contributed by atoms with Crippen LogP contribution >= 0.6 is 11.3 Å². The van der Waals surface area contributed by atoms with Gasteiger partial charge in [0.2, 0.25) is 0 Å². The van der Waals surface area contributed by atoms with Crippen LogP contribution < -0.4 is 0 Å². The highest BCUT2D eigenvalue weighted by molar-refractivity contribution is 7.18. The number of H-pyrrole nitrogens is 1. The summed E-state index contributed by atoms with van der Waals surface area (Å²) in [6.45, 7) is 24.8. The molecule has 0 saturated carbocycles. The maximum absolute atomic E-state index is 5.52. The summed E-state index contributed by atoms with van der Waals surface area (Å²) < 4.78 is 6.81. The van der Waals surface area contributed by atoms with Gasteiger partial charge in [-0.2, -0.15) is 0 Å². The molecule has 3 aromatic heterocycles. The first kappa shape index (κ1) is 36.5. The topological polar surface area (TPSA) is 67.6 Å². The molecule has 0 spiro atoms. The molecular weight excluding hydrogens is 536 g/mol. The molecule has 6 aromatic rings. The lowest BCUT2D eigenvalue weighted by atomic mass is 10.2. The van der Waals surface area contributed by atoms with E-state index in [1.165, 1.54) is 9.71 Å². The Hall–Kier alpha value is -3.51. The van der Waals surface area contributed by atoms with Crippen LogP contribution in [0.25, 0.3) is 32.3 Å². The Bertz CT molecular complexity index is 1260. The minimum absolute atomic E-state index is 0.359. The number of aromatic amines is 1. The van der Waals surface area contributed by atoms with Gasteiger partial charge < -0.3 is 9.40 Å². The standard InChI is InChI=1S/C10H12N2.C10H11NO.C10H11NS.3C2H6/c3*1-7(2)10-11-8-5-3-4-6-9(8)12-10;3*1-2/h3-7H,1-2H3,(H,11,12);2*3-7H,1-2H3;3*1-2H3. The smallest absolute Gasteiger partial charge is 0.198 e. The van der Waals surface area contributed by atoms with Crippen LogP contribution in [0.5, 0.6) is 0 Å². The summed E-state index contributed by atoms with van der Waals surface area (Å²) in [6.07, 6.45) is 0. The summed E-state index contributed by atoms with van der Waals surface area (Å²) in [4.78, 5) is 16.6. The minimum atomic E-state index is 0.359. The average Bonchev–Trinajstić information content (AvgIpc) is 3.77. The maximum Gasteiger partial charge on any atom is 0.198 e. The largest absolute Gasteiger partial charge is 0.440 e. The number of nitrogens with zero attached hydrogens (tertiary/aromatic N) is 3. The number of imidazole rings is 1. The number of rotatable bonds is 3. The van der Waals surface area contributed by atoms with Crippen LogP contribution in [-0.4, -0.2) is 19.9 Å². The number of aromatic nitrogens is 4. The normalized spacial score (nSPS) is 10.1. The second kappa shape index (κ2) is 19.6. The fourth-order valence-electron chi connectivity index (χ4n) is 3.52. The summed E-state index contributed by atoms with van der Waals surface area (Å²) in [7, 11) is 0. The lowest BCUT2D eigenvalue weighted by Crippen LogP contribution is -1.88. The Kier molecular flexibility index (Phi) is 17.0. The van der Waals surface area contributed by atoms with Gasteiger partial charge in [0.05, 0.1) is 26.3 Å². The first-order valence-corrected chi connectivity index (χ1v) is 16.3. The zero-order valence-electron chi connectivity index (χ0n) is 27.8. The SMILES string of the molecule is CC.CC.CC.CC(C)c1nc2ccccc2[nH]1.CC(C)c1nc2ccccc2o1.CC(C)c1nc2ccccc2s1. The molecule has 228 valence electrons. The van der Waals surface area contributed by atoms with Gasteiger partial charge in [0.15, 0.2) is 11.5 Å².